The van der Waals surface area contributed by atoms with E-state index in [1.807, 2.05) is 30.3 Å². The third-order valence-corrected chi connectivity index (χ3v) is 5.32. The molecule has 1 atom stereocenters. The molecule has 0 saturated carbocycles. The third-order valence-electron chi connectivity index (χ3n) is 5.02. The van der Waals surface area contributed by atoms with Crippen LogP contribution in [0.5, 0.6) is 0 Å². The van der Waals surface area contributed by atoms with Crippen molar-refractivity contribution in [3.63, 3.8) is 0 Å². The smallest absolute Gasteiger partial charge is 0.225 e. The van der Waals surface area contributed by atoms with Crippen molar-refractivity contribution in [2.45, 2.75) is 25.7 Å². The van der Waals surface area contributed by atoms with Gasteiger partial charge in [-0.1, -0.05) is 23.7 Å². The molecule has 1 amide bonds. The predicted octanol–water partition coefficient (Wildman–Crippen LogP) is 4.18. The molecular weight excluding hydrogens is 388 g/mol. The fourth-order valence-electron chi connectivity index (χ4n) is 3.53. The summed E-state index contributed by atoms with van der Waals surface area (Å²) in [5, 5.41) is 10.2. The molecule has 0 unspecified atom stereocenters. The number of carbonyl (C=O) groups is 1. The first kappa shape index (κ1) is 21.6. The number of aromatic nitrogens is 1. The Balaban J connectivity index is 1.66. The summed E-state index contributed by atoms with van der Waals surface area (Å²) in [6.45, 7) is 3.50. The van der Waals surface area contributed by atoms with Gasteiger partial charge in [0.2, 0.25) is 5.91 Å². The number of benzene rings is 1. The van der Waals surface area contributed by atoms with Gasteiger partial charge in [-0.3, -0.25) is 4.79 Å². The van der Waals surface area contributed by atoms with Crippen molar-refractivity contribution >= 4 is 29.0 Å². The van der Waals surface area contributed by atoms with Gasteiger partial charge >= 0.3 is 0 Å². The van der Waals surface area contributed by atoms with Gasteiger partial charge in [-0.15, -0.1) is 0 Å². The molecule has 1 aromatic heterocycles. The van der Waals surface area contributed by atoms with Crippen LogP contribution in [0.3, 0.4) is 0 Å². The molecule has 3 rings (SSSR count). The van der Waals surface area contributed by atoms with E-state index >= 15 is 0 Å². The highest BCUT2D eigenvalue weighted by atomic mass is 35.5. The molecule has 0 spiro atoms. The van der Waals surface area contributed by atoms with Crippen molar-refractivity contribution in [2.75, 3.05) is 44.0 Å². The summed E-state index contributed by atoms with van der Waals surface area (Å²) >= 11 is 6.40. The fraction of sp³-hybridized carbons (Fsp3) is 0.455. The van der Waals surface area contributed by atoms with Gasteiger partial charge in [0, 0.05) is 44.1 Å². The number of methoxy groups -OCH3 is 1. The van der Waals surface area contributed by atoms with Crippen LogP contribution >= 0.6 is 11.6 Å². The molecule has 3 N–H and O–H groups in total. The lowest BCUT2D eigenvalue weighted by Gasteiger charge is -2.22. The first-order chi connectivity index (χ1) is 14.2. The SMILES string of the molecule is COCCCNc1cccc(-c2cc(NC(=O)C[C@@H]3CCCNC3)ncc2Cl)c1. The highest BCUT2D eigenvalue weighted by Gasteiger charge is 2.17. The number of amides is 1. The van der Waals surface area contributed by atoms with Crippen LogP contribution in [0, 0.1) is 5.92 Å². The Hall–Kier alpha value is -2.15. The van der Waals surface area contributed by atoms with Gasteiger partial charge in [-0.2, -0.15) is 0 Å². The molecule has 1 aliphatic heterocycles. The Kier molecular flexibility index (Phi) is 8.28. The standard InChI is InChI=1S/C22H29ClN4O2/c1-29-10-4-9-25-18-7-2-6-17(12-18)19-13-21(26-15-20(19)23)27-22(28)11-16-5-3-8-24-14-16/h2,6-7,12-13,15-16,24-25H,3-5,8-11,14H2,1H3,(H,26,27,28)/t16-/m0/s1. The first-order valence-corrected chi connectivity index (χ1v) is 10.5. The summed E-state index contributed by atoms with van der Waals surface area (Å²) in [6.07, 6.45) is 5.24. The Bertz CT molecular complexity index is 809. The third kappa shape index (κ3) is 6.70. The van der Waals surface area contributed by atoms with Crippen molar-refractivity contribution in [3.8, 4) is 11.1 Å². The van der Waals surface area contributed by atoms with Gasteiger partial charge in [0.25, 0.3) is 0 Å². The molecule has 2 aromatic rings. The van der Waals surface area contributed by atoms with E-state index < -0.39 is 0 Å². The minimum Gasteiger partial charge on any atom is -0.385 e. The summed E-state index contributed by atoms with van der Waals surface area (Å²) in [7, 11) is 1.70. The van der Waals surface area contributed by atoms with Crippen molar-refractivity contribution in [2.24, 2.45) is 5.92 Å². The van der Waals surface area contributed by atoms with E-state index in [1.54, 1.807) is 13.3 Å². The summed E-state index contributed by atoms with van der Waals surface area (Å²) in [6, 6.07) is 9.89. The molecule has 1 aliphatic rings. The molecule has 0 bridgehead atoms. The van der Waals surface area contributed by atoms with Crippen molar-refractivity contribution in [3.05, 3.63) is 41.6 Å². The van der Waals surface area contributed by atoms with Crippen molar-refractivity contribution < 1.29 is 9.53 Å². The lowest BCUT2D eigenvalue weighted by atomic mass is 9.96. The lowest BCUT2D eigenvalue weighted by molar-refractivity contribution is -0.117. The Morgan fingerprint density at radius 2 is 2.28 bits per heavy atom. The van der Waals surface area contributed by atoms with Crippen molar-refractivity contribution in [1.29, 1.82) is 0 Å². The molecule has 0 radical (unpaired) electrons. The molecule has 1 fully saturated rings. The van der Waals surface area contributed by atoms with E-state index in [-0.39, 0.29) is 5.91 Å². The number of hydrogen-bond acceptors (Lipinski definition) is 5. The van der Waals surface area contributed by atoms with Crippen LogP contribution in [-0.2, 0) is 9.53 Å². The number of piperidine rings is 1. The fourth-order valence-corrected chi connectivity index (χ4v) is 3.74. The second-order valence-corrected chi connectivity index (χ2v) is 7.78. The van der Waals surface area contributed by atoms with Gasteiger partial charge in [-0.25, -0.2) is 4.98 Å². The molecule has 6 nitrogen and oxygen atoms in total. The average molecular weight is 417 g/mol. The zero-order valence-electron chi connectivity index (χ0n) is 16.8. The van der Waals surface area contributed by atoms with Crippen LogP contribution in [0.25, 0.3) is 11.1 Å². The highest BCUT2D eigenvalue weighted by Crippen LogP contribution is 2.31. The number of nitrogens with zero attached hydrogens (tertiary/aromatic N) is 1. The van der Waals surface area contributed by atoms with E-state index in [0.717, 1.165) is 62.3 Å². The maximum Gasteiger partial charge on any atom is 0.225 e. The van der Waals surface area contributed by atoms with Crippen LogP contribution in [0.4, 0.5) is 11.5 Å². The van der Waals surface area contributed by atoms with Gasteiger partial charge in [0.1, 0.15) is 5.82 Å². The van der Waals surface area contributed by atoms with Gasteiger partial charge < -0.3 is 20.7 Å². The highest BCUT2D eigenvalue weighted by molar-refractivity contribution is 6.33. The van der Waals surface area contributed by atoms with Gasteiger partial charge in [-0.05, 0) is 62.0 Å². The minimum atomic E-state index is -0.00645. The largest absolute Gasteiger partial charge is 0.385 e. The van der Waals surface area contributed by atoms with Crippen LogP contribution in [0.15, 0.2) is 36.5 Å². The number of nitrogens with one attached hydrogen (secondary N) is 3. The van der Waals surface area contributed by atoms with E-state index in [0.29, 0.717) is 23.2 Å². The number of halogens is 1. The molecular formula is C22H29ClN4O2. The summed E-state index contributed by atoms with van der Waals surface area (Å²) in [5.41, 5.74) is 2.83. The van der Waals surface area contributed by atoms with Crippen LogP contribution < -0.4 is 16.0 Å². The topological polar surface area (TPSA) is 75.3 Å². The maximum atomic E-state index is 12.4. The summed E-state index contributed by atoms with van der Waals surface area (Å²) < 4.78 is 5.08. The first-order valence-electron chi connectivity index (χ1n) is 10.1. The maximum absolute atomic E-state index is 12.4. The number of pyridine rings is 1. The molecule has 29 heavy (non-hydrogen) atoms. The average Bonchev–Trinajstić information content (AvgIpc) is 2.73. The van der Waals surface area contributed by atoms with Gasteiger partial charge in [0.15, 0.2) is 0 Å². The number of rotatable bonds is 9. The van der Waals surface area contributed by atoms with Crippen LogP contribution in [-0.4, -0.2) is 44.2 Å². The number of ether oxygens (including phenoxy) is 1. The van der Waals surface area contributed by atoms with Crippen molar-refractivity contribution in [1.82, 2.24) is 10.3 Å². The van der Waals surface area contributed by atoms with E-state index in [1.165, 1.54) is 0 Å². The zero-order valence-corrected chi connectivity index (χ0v) is 17.6. The molecule has 1 aromatic carbocycles. The second-order valence-electron chi connectivity index (χ2n) is 7.37. The van der Waals surface area contributed by atoms with Gasteiger partial charge in [0.05, 0.1) is 5.02 Å². The zero-order chi connectivity index (χ0) is 20.5. The minimum absolute atomic E-state index is 0.00645. The molecule has 2 heterocycles. The molecule has 1 saturated heterocycles. The summed E-state index contributed by atoms with van der Waals surface area (Å²) in [4.78, 5) is 16.7. The molecule has 156 valence electrons. The number of hydrogen-bond donors (Lipinski definition) is 3. The Morgan fingerprint density at radius 3 is 3.07 bits per heavy atom. The summed E-state index contributed by atoms with van der Waals surface area (Å²) in [5.74, 6) is 0.904. The van der Waals surface area contributed by atoms with E-state index in [2.05, 4.69) is 20.9 Å². The molecule has 7 heteroatoms. The Morgan fingerprint density at radius 1 is 1.38 bits per heavy atom. The van der Waals surface area contributed by atoms with E-state index in [9.17, 15) is 4.79 Å². The quantitative estimate of drug-likeness (QED) is 0.535. The number of anilines is 2. The second kappa shape index (κ2) is 11.1. The van der Waals surface area contributed by atoms with E-state index in [4.69, 9.17) is 16.3 Å². The Labute approximate surface area is 177 Å². The van der Waals surface area contributed by atoms with Crippen LogP contribution in [0.1, 0.15) is 25.7 Å². The normalized spacial score (nSPS) is 16.4. The van der Waals surface area contributed by atoms with Crippen LogP contribution in [0.2, 0.25) is 5.02 Å². The predicted molar refractivity (Wildman–Crippen MR) is 119 cm³/mol. The number of carbonyl (C=O) groups excluding carboxylic acids is 1. The lowest BCUT2D eigenvalue weighted by Crippen LogP contribution is -2.32. The molecule has 0 aliphatic carbocycles. The monoisotopic (exact) mass is 416 g/mol.